The molecule has 1 aromatic heterocycles. The molecule has 3 aliphatic rings. The van der Waals surface area contributed by atoms with E-state index in [0.29, 0.717) is 17.2 Å². The van der Waals surface area contributed by atoms with E-state index in [1.165, 1.54) is 6.07 Å². The number of nitrogens with zero attached hydrogens (tertiary/aromatic N) is 2. The third-order valence-corrected chi connectivity index (χ3v) is 5.91. The van der Waals surface area contributed by atoms with Gasteiger partial charge in [-0.3, -0.25) is 34.2 Å². The number of amides is 4. The van der Waals surface area contributed by atoms with Crippen LogP contribution in [0.25, 0.3) is 0 Å². The van der Waals surface area contributed by atoms with E-state index in [-0.39, 0.29) is 42.0 Å². The van der Waals surface area contributed by atoms with Crippen LogP contribution in [0.3, 0.4) is 0 Å². The molecule has 2 aromatic rings. The highest BCUT2D eigenvalue weighted by atomic mass is 16.2. The molecule has 0 saturated carbocycles. The highest BCUT2D eigenvalue weighted by molar-refractivity contribution is 6.23. The molecule has 1 aromatic carbocycles. The fourth-order valence-corrected chi connectivity index (χ4v) is 4.06. The van der Waals surface area contributed by atoms with Crippen LogP contribution in [0.4, 0.5) is 5.82 Å². The molecule has 0 spiro atoms. The van der Waals surface area contributed by atoms with Crippen LogP contribution in [0.5, 0.6) is 0 Å². The molecular formula is C21H20N6O5. The summed E-state index contributed by atoms with van der Waals surface area (Å²) < 4.78 is 0. The summed E-state index contributed by atoms with van der Waals surface area (Å²) in [6.07, 6.45) is 0.179. The first-order chi connectivity index (χ1) is 15.4. The number of carbonyl (C=O) groups excluding carboxylic acids is 4. The third-order valence-electron chi connectivity index (χ3n) is 5.91. The van der Waals surface area contributed by atoms with Crippen molar-refractivity contribution >= 4 is 29.4 Å². The lowest BCUT2D eigenvalue weighted by Crippen LogP contribution is -2.54. The summed E-state index contributed by atoms with van der Waals surface area (Å²) >= 11 is 0. The maximum atomic E-state index is 12.9. The van der Waals surface area contributed by atoms with Gasteiger partial charge in [-0.2, -0.15) is 0 Å². The Labute approximate surface area is 181 Å². The molecule has 1 unspecified atom stereocenters. The normalized spacial score (nSPS) is 20.8. The zero-order chi connectivity index (χ0) is 22.4. The van der Waals surface area contributed by atoms with E-state index in [0.717, 1.165) is 18.0 Å². The minimum Gasteiger partial charge on any atom is -0.366 e. The summed E-state index contributed by atoms with van der Waals surface area (Å²) in [6.45, 7) is 1.81. The number of aromatic amines is 1. The second-order valence-corrected chi connectivity index (χ2v) is 8.05. The van der Waals surface area contributed by atoms with Crippen LogP contribution in [0.1, 0.15) is 50.9 Å². The number of piperidine rings is 1. The van der Waals surface area contributed by atoms with Crippen molar-refractivity contribution in [1.82, 2.24) is 25.5 Å². The summed E-state index contributed by atoms with van der Waals surface area (Å²) in [5.74, 6) is -0.954. The number of hydrogen-bond donors (Lipinski definition) is 4. The first kappa shape index (κ1) is 20.1. The second-order valence-electron chi connectivity index (χ2n) is 8.05. The van der Waals surface area contributed by atoms with Crippen LogP contribution in [0, 0.1) is 0 Å². The van der Waals surface area contributed by atoms with E-state index in [1.54, 1.807) is 18.2 Å². The predicted molar refractivity (Wildman–Crippen MR) is 111 cm³/mol. The lowest BCUT2D eigenvalue weighted by Gasteiger charge is -2.27. The molecule has 4 amide bonds. The molecule has 1 atom stereocenters. The number of anilines is 1. The van der Waals surface area contributed by atoms with Crippen LogP contribution in [-0.4, -0.2) is 57.6 Å². The SMILES string of the molecule is O=C1CCC(N2C(=O)c3ccc(CNc4cc(=O)[nH]c(C5CNC5)n4)cc3C2=O)C(=O)N1. The van der Waals surface area contributed by atoms with Crippen LogP contribution >= 0.6 is 0 Å². The van der Waals surface area contributed by atoms with Gasteiger partial charge >= 0.3 is 0 Å². The predicted octanol–water partition coefficient (Wildman–Crippen LogP) is -0.530. The molecule has 2 fully saturated rings. The highest BCUT2D eigenvalue weighted by Gasteiger charge is 2.44. The molecule has 4 heterocycles. The maximum Gasteiger partial charge on any atom is 0.262 e. The number of fused-ring (bicyclic) bond motifs is 1. The van der Waals surface area contributed by atoms with Crippen molar-refractivity contribution in [2.75, 3.05) is 18.4 Å². The fourth-order valence-electron chi connectivity index (χ4n) is 4.06. The average Bonchev–Trinajstić information content (AvgIpc) is 2.95. The number of hydrogen-bond acceptors (Lipinski definition) is 8. The van der Waals surface area contributed by atoms with Crippen LogP contribution in [-0.2, 0) is 16.1 Å². The first-order valence-electron chi connectivity index (χ1n) is 10.3. The number of benzene rings is 1. The van der Waals surface area contributed by atoms with E-state index in [4.69, 9.17) is 0 Å². The molecule has 32 heavy (non-hydrogen) atoms. The number of imide groups is 2. The summed E-state index contributed by atoms with van der Waals surface area (Å²) in [5, 5.41) is 8.39. The zero-order valence-corrected chi connectivity index (χ0v) is 16.9. The van der Waals surface area contributed by atoms with Crippen LogP contribution in [0.15, 0.2) is 29.1 Å². The number of aromatic nitrogens is 2. The largest absolute Gasteiger partial charge is 0.366 e. The van der Waals surface area contributed by atoms with Crippen molar-refractivity contribution in [1.29, 1.82) is 0 Å². The Morgan fingerprint density at radius 3 is 2.53 bits per heavy atom. The Morgan fingerprint density at radius 2 is 1.81 bits per heavy atom. The molecular weight excluding hydrogens is 416 g/mol. The van der Waals surface area contributed by atoms with Gasteiger partial charge in [0.15, 0.2) is 0 Å². The highest BCUT2D eigenvalue weighted by Crippen LogP contribution is 2.28. The van der Waals surface area contributed by atoms with Gasteiger partial charge in [-0.05, 0) is 24.1 Å². The smallest absolute Gasteiger partial charge is 0.262 e. The molecule has 11 heteroatoms. The zero-order valence-electron chi connectivity index (χ0n) is 16.9. The fraction of sp³-hybridized carbons (Fsp3) is 0.333. The molecule has 3 aliphatic heterocycles. The van der Waals surface area contributed by atoms with Crippen molar-refractivity contribution in [2.24, 2.45) is 0 Å². The molecule has 0 bridgehead atoms. The van der Waals surface area contributed by atoms with E-state index in [9.17, 15) is 24.0 Å². The molecule has 11 nitrogen and oxygen atoms in total. The van der Waals surface area contributed by atoms with E-state index < -0.39 is 29.7 Å². The topological polar surface area (TPSA) is 153 Å². The van der Waals surface area contributed by atoms with Crippen molar-refractivity contribution in [3.63, 3.8) is 0 Å². The van der Waals surface area contributed by atoms with Gasteiger partial charge in [0.1, 0.15) is 17.7 Å². The standard InChI is InChI=1S/C21H20N6O5/c28-16-4-3-14(19(30)26-16)27-20(31)12-2-1-10(5-13(12)21(27)32)7-23-15-6-17(29)25-18(24-15)11-8-22-9-11/h1-2,5-6,11,14,22H,3-4,7-9H2,(H,26,28,30)(H2,23,24,25,29). The lowest BCUT2D eigenvalue weighted by atomic mass is 10.0. The van der Waals surface area contributed by atoms with Crippen LogP contribution in [0.2, 0.25) is 0 Å². The van der Waals surface area contributed by atoms with Gasteiger partial charge in [-0.1, -0.05) is 6.07 Å². The summed E-state index contributed by atoms with van der Waals surface area (Å²) in [6, 6.07) is 5.21. The third kappa shape index (κ3) is 3.46. The number of H-pyrrole nitrogens is 1. The minimum atomic E-state index is -0.999. The molecule has 0 aliphatic carbocycles. The van der Waals surface area contributed by atoms with Gasteiger partial charge in [0, 0.05) is 38.0 Å². The van der Waals surface area contributed by atoms with E-state index in [1.807, 2.05) is 0 Å². The van der Waals surface area contributed by atoms with Gasteiger partial charge in [-0.15, -0.1) is 0 Å². The molecule has 5 rings (SSSR count). The van der Waals surface area contributed by atoms with Crippen LogP contribution < -0.4 is 21.5 Å². The van der Waals surface area contributed by atoms with Gasteiger partial charge in [0.2, 0.25) is 11.8 Å². The number of carbonyl (C=O) groups is 4. The maximum absolute atomic E-state index is 12.9. The quantitative estimate of drug-likeness (QED) is 0.456. The van der Waals surface area contributed by atoms with E-state index >= 15 is 0 Å². The minimum absolute atomic E-state index is 0.0705. The molecule has 0 radical (unpaired) electrons. The molecule has 2 saturated heterocycles. The number of nitrogens with one attached hydrogen (secondary N) is 4. The second kappa shape index (κ2) is 7.68. The Bertz CT molecular complexity index is 1220. The van der Waals surface area contributed by atoms with Crippen molar-refractivity contribution < 1.29 is 19.2 Å². The number of rotatable bonds is 5. The Kier molecular flexibility index (Phi) is 4.82. The average molecular weight is 436 g/mol. The van der Waals surface area contributed by atoms with Gasteiger partial charge < -0.3 is 15.6 Å². The monoisotopic (exact) mass is 436 g/mol. The van der Waals surface area contributed by atoms with Crippen molar-refractivity contribution in [3.05, 3.63) is 57.1 Å². The van der Waals surface area contributed by atoms with Crippen molar-refractivity contribution in [3.8, 4) is 0 Å². The van der Waals surface area contributed by atoms with Gasteiger partial charge in [0.05, 0.1) is 11.1 Å². The Balaban J connectivity index is 1.33. The van der Waals surface area contributed by atoms with E-state index in [2.05, 4.69) is 25.9 Å². The summed E-state index contributed by atoms with van der Waals surface area (Å²) in [4.78, 5) is 69.3. The Hall–Kier alpha value is -3.86. The van der Waals surface area contributed by atoms with Gasteiger partial charge in [-0.25, -0.2) is 4.98 Å². The van der Waals surface area contributed by atoms with Crippen molar-refractivity contribution in [2.45, 2.75) is 31.3 Å². The molecule has 4 N–H and O–H groups in total. The van der Waals surface area contributed by atoms with Gasteiger partial charge in [0.25, 0.3) is 17.4 Å². The lowest BCUT2D eigenvalue weighted by molar-refractivity contribution is -0.136. The Morgan fingerprint density at radius 1 is 1.03 bits per heavy atom. The molecule has 164 valence electrons. The first-order valence-corrected chi connectivity index (χ1v) is 10.3. The summed E-state index contributed by atoms with van der Waals surface area (Å²) in [7, 11) is 0. The summed E-state index contributed by atoms with van der Waals surface area (Å²) in [5.41, 5.74) is 0.888.